The summed E-state index contributed by atoms with van der Waals surface area (Å²) in [6.45, 7) is 5.09. The Hall–Kier alpha value is -2.60. The maximum Gasteiger partial charge on any atom is 0.279 e. The van der Waals surface area contributed by atoms with Crippen LogP contribution in [0.4, 0.5) is 0 Å². The third kappa shape index (κ3) is 3.74. The maximum absolute atomic E-state index is 12.4. The van der Waals surface area contributed by atoms with Gasteiger partial charge in [-0.1, -0.05) is 11.3 Å². The van der Waals surface area contributed by atoms with E-state index in [2.05, 4.69) is 4.99 Å². The van der Waals surface area contributed by atoms with Gasteiger partial charge in [0.05, 0.1) is 23.4 Å². The fourth-order valence-electron chi connectivity index (χ4n) is 2.49. The predicted molar refractivity (Wildman–Crippen MR) is 99.5 cm³/mol. The monoisotopic (exact) mass is 356 g/mol. The summed E-state index contributed by atoms with van der Waals surface area (Å²) in [7, 11) is 1.91. The summed E-state index contributed by atoms with van der Waals surface area (Å²) in [5.74, 6) is 1.30. The van der Waals surface area contributed by atoms with Crippen molar-refractivity contribution in [2.24, 2.45) is 12.0 Å². The normalized spacial score (nSPS) is 11.7. The number of nitrogens with zero attached hydrogens (tertiary/aromatic N) is 2. The summed E-state index contributed by atoms with van der Waals surface area (Å²) in [6, 6.07) is 12.9. The zero-order valence-corrected chi connectivity index (χ0v) is 15.3. The number of fused-ring (bicyclic) bond motifs is 1. The van der Waals surface area contributed by atoms with Crippen molar-refractivity contribution in [1.82, 2.24) is 4.57 Å². The number of hydrogen-bond acceptors (Lipinski definition) is 4. The molecule has 1 heterocycles. The van der Waals surface area contributed by atoms with Crippen molar-refractivity contribution in [2.75, 3.05) is 13.2 Å². The number of carbonyl (C=O) groups is 1. The molecule has 2 aromatic carbocycles. The second kappa shape index (κ2) is 7.53. The molecule has 1 aromatic heterocycles. The molecule has 0 fully saturated rings. The number of amides is 1. The molecule has 5 nitrogen and oxygen atoms in total. The molecule has 0 bridgehead atoms. The van der Waals surface area contributed by atoms with Crippen LogP contribution in [0, 0.1) is 0 Å². The molecule has 0 aliphatic heterocycles. The van der Waals surface area contributed by atoms with Gasteiger partial charge in [0.1, 0.15) is 11.5 Å². The number of thiazole rings is 1. The van der Waals surface area contributed by atoms with Crippen molar-refractivity contribution in [3.63, 3.8) is 0 Å². The molecule has 0 saturated carbocycles. The van der Waals surface area contributed by atoms with Crippen molar-refractivity contribution in [1.29, 1.82) is 0 Å². The van der Waals surface area contributed by atoms with E-state index < -0.39 is 0 Å². The molecule has 0 radical (unpaired) electrons. The van der Waals surface area contributed by atoms with E-state index >= 15 is 0 Å². The lowest BCUT2D eigenvalue weighted by atomic mass is 10.2. The predicted octanol–water partition coefficient (Wildman–Crippen LogP) is 3.78. The van der Waals surface area contributed by atoms with Crippen molar-refractivity contribution >= 4 is 27.5 Å². The van der Waals surface area contributed by atoms with Crippen LogP contribution in [-0.2, 0) is 7.05 Å². The Morgan fingerprint density at radius 3 is 2.36 bits per heavy atom. The first-order valence-corrected chi connectivity index (χ1v) is 8.98. The first kappa shape index (κ1) is 17.2. The molecule has 0 aliphatic rings. The van der Waals surface area contributed by atoms with Gasteiger partial charge < -0.3 is 14.0 Å². The third-order valence-corrected chi connectivity index (χ3v) is 4.80. The van der Waals surface area contributed by atoms with E-state index in [-0.39, 0.29) is 5.91 Å². The first-order chi connectivity index (χ1) is 12.1. The van der Waals surface area contributed by atoms with Crippen LogP contribution in [0.25, 0.3) is 10.2 Å². The number of aryl methyl sites for hydroxylation is 1. The van der Waals surface area contributed by atoms with Crippen molar-refractivity contribution in [3.8, 4) is 11.5 Å². The molecule has 3 aromatic rings. The number of rotatable bonds is 5. The summed E-state index contributed by atoms with van der Waals surface area (Å²) < 4.78 is 13.9. The van der Waals surface area contributed by atoms with Crippen molar-refractivity contribution < 1.29 is 14.3 Å². The van der Waals surface area contributed by atoms with Crippen molar-refractivity contribution in [2.45, 2.75) is 13.8 Å². The molecule has 0 saturated heterocycles. The molecule has 0 atom stereocenters. The van der Waals surface area contributed by atoms with Gasteiger partial charge in [-0.05, 0) is 56.3 Å². The Kier molecular flexibility index (Phi) is 5.19. The van der Waals surface area contributed by atoms with Gasteiger partial charge in [0.2, 0.25) is 0 Å². The topological polar surface area (TPSA) is 52.8 Å². The molecular formula is C19H20N2O3S. The summed E-state index contributed by atoms with van der Waals surface area (Å²) in [5.41, 5.74) is 1.56. The van der Waals surface area contributed by atoms with E-state index in [0.717, 1.165) is 21.7 Å². The van der Waals surface area contributed by atoms with Crippen LogP contribution in [0.2, 0.25) is 0 Å². The van der Waals surface area contributed by atoms with E-state index in [1.807, 2.05) is 43.7 Å². The lowest BCUT2D eigenvalue weighted by Gasteiger charge is -2.02. The summed E-state index contributed by atoms with van der Waals surface area (Å²) in [6.07, 6.45) is 0. The molecule has 0 unspecified atom stereocenters. The largest absolute Gasteiger partial charge is 0.494 e. The molecule has 3 rings (SSSR count). The highest BCUT2D eigenvalue weighted by Gasteiger charge is 2.08. The van der Waals surface area contributed by atoms with Gasteiger partial charge in [0.25, 0.3) is 5.91 Å². The zero-order chi connectivity index (χ0) is 17.8. The van der Waals surface area contributed by atoms with Gasteiger partial charge >= 0.3 is 0 Å². The van der Waals surface area contributed by atoms with Crippen LogP contribution in [0.5, 0.6) is 11.5 Å². The molecule has 0 N–H and O–H groups in total. The Morgan fingerprint density at radius 2 is 1.68 bits per heavy atom. The number of aromatic nitrogens is 1. The quantitative estimate of drug-likeness (QED) is 0.699. The highest BCUT2D eigenvalue weighted by Crippen LogP contribution is 2.23. The lowest BCUT2D eigenvalue weighted by Crippen LogP contribution is -2.13. The number of hydrogen-bond donors (Lipinski definition) is 0. The van der Waals surface area contributed by atoms with Gasteiger partial charge in [0.15, 0.2) is 4.80 Å². The van der Waals surface area contributed by atoms with Gasteiger partial charge in [-0.15, -0.1) is 0 Å². The summed E-state index contributed by atoms with van der Waals surface area (Å²) >= 11 is 1.47. The molecule has 0 aliphatic carbocycles. The number of ether oxygens (including phenoxy) is 2. The highest BCUT2D eigenvalue weighted by molar-refractivity contribution is 7.16. The average Bonchev–Trinajstić information content (AvgIpc) is 2.91. The molecule has 25 heavy (non-hydrogen) atoms. The molecule has 130 valence electrons. The Bertz CT molecular complexity index is 955. The molecule has 1 amide bonds. The van der Waals surface area contributed by atoms with Crippen molar-refractivity contribution in [3.05, 3.63) is 52.8 Å². The SMILES string of the molecule is CCOc1ccc(C(=O)N=c2sc3cc(OCC)ccc3n2C)cc1. The van der Waals surface area contributed by atoms with Gasteiger partial charge in [-0.3, -0.25) is 4.79 Å². The smallest absolute Gasteiger partial charge is 0.279 e. The second-order valence-corrected chi connectivity index (χ2v) is 6.39. The minimum absolute atomic E-state index is 0.268. The van der Waals surface area contributed by atoms with E-state index in [4.69, 9.17) is 9.47 Å². The molecule has 6 heteroatoms. The average molecular weight is 356 g/mol. The minimum atomic E-state index is -0.268. The van der Waals surface area contributed by atoms with Crippen LogP contribution in [0.15, 0.2) is 47.5 Å². The zero-order valence-electron chi connectivity index (χ0n) is 14.5. The molecule has 0 spiro atoms. The Morgan fingerprint density at radius 1 is 1.04 bits per heavy atom. The Balaban J connectivity index is 1.94. The summed E-state index contributed by atoms with van der Waals surface area (Å²) in [4.78, 5) is 17.4. The maximum atomic E-state index is 12.4. The third-order valence-electron chi connectivity index (χ3n) is 3.70. The van der Waals surface area contributed by atoms with E-state index in [1.54, 1.807) is 24.3 Å². The minimum Gasteiger partial charge on any atom is -0.494 e. The molecular weight excluding hydrogens is 336 g/mol. The van der Waals surface area contributed by atoms with Gasteiger partial charge in [0, 0.05) is 12.6 Å². The lowest BCUT2D eigenvalue weighted by molar-refractivity contribution is 0.0998. The fraction of sp³-hybridized carbons (Fsp3) is 0.263. The van der Waals surface area contributed by atoms with E-state index in [9.17, 15) is 4.79 Å². The highest BCUT2D eigenvalue weighted by atomic mass is 32.1. The fourth-order valence-corrected chi connectivity index (χ4v) is 3.53. The van der Waals surface area contributed by atoms with E-state index in [0.29, 0.717) is 23.6 Å². The number of benzene rings is 2. The summed E-state index contributed by atoms with van der Waals surface area (Å²) in [5, 5.41) is 0. The number of carbonyl (C=O) groups excluding carboxylic acids is 1. The van der Waals surface area contributed by atoms with Gasteiger partial charge in [-0.25, -0.2) is 0 Å². The van der Waals surface area contributed by atoms with Crippen LogP contribution in [0.3, 0.4) is 0 Å². The van der Waals surface area contributed by atoms with E-state index in [1.165, 1.54) is 11.3 Å². The first-order valence-electron chi connectivity index (χ1n) is 8.16. The van der Waals surface area contributed by atoms with Gasteiger partial charge in [-0.2, -0.15) is 4.99 Å². The van der Waals surface area contributed by atoms with Crippen LogP contribution >= 0.6 is 11.3 Å². The Labute approximate surface area is 150 Å². The standard InChI is InChI=1S/C19H20N2O3S/c1-4-23-14-8-6-13(7-9-14)18(22)20-19-21(3)16-11-10-15(24-5-2)12-17(16)25-19/h6-12H,4-5H2,1-3H3. The van der Waals surface area contributed by atoms with Crippen LogP contribution in [-0.4, -0.2) is 23.7 Å². The second-order valence-electron chi connectivity index (χ2n) is 5.38. The van der Waals surface area contributed by atoms with Crippen LogP contribution in [0.1, 0.15) is 24.2 Å². The van der Waals surface area contributed by atoms with Crippen LogP contribution < -0.4 is 14.3 Å².